The van der Waals surface area contributed by atoms with Gasteiger partial charge in [0.2, 0.25) is 0 Å². The van der Waals surface area contributed by atoms with Gasteiger partial charge in [-0.15, -0.1) is 0 Å². The van der Waals surface area contributed by atoms with Crippen molar-refractivity contribution in [3.63, 3.8) is 0 Å². The van der Waals surface area contributed by atoms with Gasteiger partial charge in [0, 0.05) is 15.1 Å². The SMILES string of the molecule is Nc1cnc(-c2cccc(Cl)c2)c(Br)c1. The second-order valence-electron chi connectivity index (χ2n) is 3.11. The normalized spacial score (nSPS) is 10.3. The van der Waals surface area contributed by atoms with Gasteiger partial charge in [-0.2, -0.15) is 0 Å². The Kier molecular flexibility index (Phi) is 2.93. The van der Waals surface area contributed by atoms with Crippen molar-refractivity contribution in [1.82, 2.24) is 4.98 Å². The summed E-state index contributed by atoms with van der Waals surface area (Å²) in [5.41, 5.74) is 8.06. The zero-order valence-electron chi connectivity index (χ0n) is 7.74. The minimum absolute atomic E-state index is 0.632. The van der Waals surface area contributed by atoms with Crippen molar-refractivity contribution in [3.8, 4) is 11.3 Å². The summed E-state index contributed by atoms with van der Waals surface area (Å²) in [7, 11) is 0. The number of hydrogen-bond donors (Lipinski definition) is 1. The van der Waals surface area contributed by atoms with E-state index in [2.05, 4.69) is 20.9 Å². The Bertz CT molecular complexity index is 500. The van der Waals surface area contributed by atoms with Crippen molar-refractivity contribution in [3.05, 3.63) is 46.0 Å². The van der Waals surface area contributed by atoms with E-state index in [1.54, 1.807) is 6.20 Å². The lowest BCUT2D eigenvalue weighted by Crippen LogP contribution is -1.90. The van der Waals surface area contributed by atoms with Crippen LogP contribution < -0.4 is 5.73 Å². The van der Waals surface area contributed by atoms with E-state index < -0.39 is 0 Å². The predicted molar refractivity (Wildman–Crippen MR) is 66.8 cm³/mol. The zero-order chi connectivity index (χ0) is 10.8. The molecule has 0 unspecified atom stereocenters. The van der Waals surface area contributed by atoms with Gasteiger partial charge in [0.25, 0.3) is 0 Å². The second-order valence-corrected chi connectivity index (χ2v) is 4.40. The highest BCUT2D eigenvalue weighted by atomic mass is 79.9. The van der Waals surface area contributed by atoms with Crippen LogP contribution >= 0.6 is 27.5 Å². The zero-order valence-corrected chi connectivity index (χ0v) is 10.1. The minimum atomic E-state index is 0.632. The predicted octanol–water partition coefficient (Wildman–Crippen LogP) is 3.75. The number of halogens is 2. The molecule has 0 bridgehead atoms. The topological polar surface area (TPSA) is 38.9 Å². The highest BCUT2D eigenvalue weighted by molar-refractivity contribution is 9.10. The third-order valence-corrected chi connectivity index (χ3v) is 2.80. The monoisotopic (exact) mass is 282 g/mol. The van der Waals surface area contributed by atoms with Gasteiger partial charge in [-0.3, -0.25) is 4.98 Å². The highest BCUT2D eigenvalue weighted by Gasteiger charge is 2.05. The number of benzene rings is 1. The molecular formula is C11H8BrClN2. The molecular weight excluding hydrogens is 275 g/mol. The first-order valence-corrected chi connectivity index (χ1v) is 5.51. The molecule has 4 heteroatoms. The van der Waals surface area contributed by atoms with Crippen molar-refractivity contribution >= 4 is 33.2 Å². The molecule has 2 rings (SSSR count). The average molecular weight is 284 g/mol. The van der Waals surface area contributed by atoms with E-state index in [9.17, 15) is 0 Å². The molecule has 0 aliphatic carbocycles. The second kappa shape index (κ2) is 4.21. The van der Waals surface area contributed by atoms with E-state index >= 15 is 0 Å². The molecule has 0 atom stereocenters. The fraction of sp³-hybridized carbons (Fsp3) is 0. The van der Waals surface area contributed by atoms with Gasteiger partial charge in [0.05, 0.1) is 17.6 Å². The molecule has 0 saturated carbocycles. The lowest BCUT2D eigenvalue weighted by molar-refractivity contribution is 1.31. The van der Waals surface area contributed by atoms with Crippen LogP contribution in [0.3, 0.4) is 0 Å². The molecule has 76 valence electrons. The molecule has 2 nitrogen and oxygen atoms in total. The Morgan fingerprint density at radius 3 is 2.73 bits per heavy atom. The highest BCUT2D eigenvalue weighted by Crippen LogP contribution is 2.28. The third kappa shape index (κ3) is 2.30. The summed E-state index contributed by atoms with van der Waals surface area (Å²) in [5, 5.41) is 0.693. The smallest absolute Gasteiger partial charge is 0.0846 e. The number of hydrogen-bond acceptors (Lipinski definition) is 2. The quantitative estimate of drug-likeness (QED) is 0.866. The fourth-order valence-electron chi connectivity index (χ4n) is 1.30. The van der Waals surface area contributed by atoms with Gasteiger partial charge >= 0.3 is 0 Å². The molecule has 0 saturated heterocycles. The van der Waals surface area contributed by atoms with Crippen molar-refractivity contribution in [1.29, 1.82) is 0 Å². The van der Waals surface area contributed by atoms with E-state index in [0.29, 0.717) is 10.7 Å². The first-order chi connectivity index (χ1) is 7.16. The number of aromatic nitrogens is 1. The average Bonchev–Trinajstić information content (AvgIpc) is 2.17. The van der Waals surface area contributed by atoms with Crippen molar-refractivity contribution in [2.45, 2.75) is 0 Å². The van der Waals surface area contributed by atoms with Gasteiger partial charge < -0.3 is 5.73 Å². The van der Waals surface area contributed by atoms with Crippen LogP contribution in [0, 0.1) is 0 Å². The number of nitrogens with two attached hydrogens (primary N) is 1. The molecule has 0 radical (unpaired) electrons. The molecule has 0 aliphatic rings. The molecule has 15 heavy (non-hydrogen) atoms. The molecule has 0 fully saturated rings. The molecule has 2 N–H and O–H groups in total. The Labute approximate surface area is 101 Å². The lowest BCUT2D eigenvalue weighted by Gasteiger charge is -2.04. The number of pyridine rings is 1. The standard InChI is InChI=1S/C11H8BrClN2/c12-10-5-9(14)6-15-11(10)7-2-1-3-8(13)4-7/h1-6H,14H2. The maximum absolute atomic E-state index is 5.91. The number of rotatable bonds is 1. The Morgan fingerprint density at radius 2 is 2.07 bits per heavy atom. The summed E-state index contributed by atoms with van der Waals surface area (Å²) in [6.07, 6.45) is 1.63. The first kappa shape index (κ1) is 10.5. The van der Waals surface area contributed by atoms with Crippen molar-refractivity contribution in [2.24, 2.45) is 0 Å². The van der Waals surface area contributed by atoms with Crippen LogP contribution in [-0.2, 0) is 0 Å². The maximum Gasteiger partial charge on any atom is 0.0846 e. The van der Waals surface area contributed by atoms with Crippen LogP contribution in [0.2, 0.25) is 5.02 Å². The Hall–Kier alpha value is -1.06. The summed E-state index contributed by atoms with van der Waals surface area (Å²) in [6, 6.07) is 9.36. The number of anilines is 1. The summed E-state index contributed by atoms with van der Waals surface area (Å²) < 4.78 is 0.866. The van der Waals surface area contributed by atoms with Crippen LogP contribution in [0.5, 0.6) is 0 Å². The Balaban J connectivity index is 2.54. The number of nitrogen functional groups attached to an aromatic ring is 1. The van der Waals surface area contributed by atoms with Gasteiger partial charge in [-0.1, -0.05) is 23.7 Å². The molecule has 1 aromatic heterocycles. The van der Waals surface area contributed by atoms with Crippen LogP contribution in [0.25, 0.3) is 11.3 Å². The molecule has 0 spiro atoms. The molecule has 1 aromatic carbocycles. The van der Waals surface area contributed by atoms with E-state index in [4.69, 9.17) is 17.3 Å². The van der Waals surface area contributed by atoms with Crippen LogP contribution in [0.1, 0.15) is 0 Å². The molecule has 0 amide bonds. The lowest BCUT2D eigenvalue weighted by atomic mass is 10.1. The van der Waals surface area contributed by atoms with Gasteiger partial charge in [0.15, 0.2) is 0 Å². The van der Waals surface area contributed by atoms with Gasteiger partial charge in [-0.05, 0) is 34.1 Å². The number of nitrogens with zero attached hydrogens (tertiary/aromatic N) is 1. The molecule has 1 heterocycles. The van der Waals surface area contributed by atoms with E-state index in [1.165, 1.54) is 0 Å². The fourth-order valence-corrected chi connectivity index (χ4v) is 2.09. The van der Waals surface area contributed by atoms with Crippen molar-refractivity contribution in [2.75, 3.05) is 5.73 Å². The minimum Gasteiger partial charge on any atom is -0.397 e. The third-order valence-electron chi connectivity index (χ3n) is 1.96. The van der Waals surface area contributed by atoms with Crippen LogP contribution in [0.4, 0.5) is 5.69 Å². The van der Waals surface area contributed by atoms with Crippen LogP contribution in [-0.4, -0.2) is 4.98 Å². The summed E-state index contributed by atoms with van der Waals surface area (Å²) >= 11 is 9.33. The van der Waals surface area contributed by atoms with Crippen LogP contribution in [0.15, 0.2) is 41.0 Å². The molecule has 0 aliphatic heterocycles. The maximum atomic E-state index is 5.91. The first-order valence-electron chi connectivity index (χ1n) is 4.34. The van der Waals surface area contributed by atoms with Gasteiger partial charge in [0.1, 0.15) is 0 Å². The van der Waals surface area contributed by atoms with Crippen molar-refractivity contribution < 1.29 is 0 Å². The Morgan fingerprint density at radius 1 is 1.27 bits per heavy atom. The van der Waals surface area contributed by atoms with Gasteiger partial charge in [-0.25, -0.2) is 0 Å². The molecule has 2 aromatic rings. The largest absolute Gasteiger partial charge is 0.397 e. The van der Waals surface area contributed by atoms with E-state index in [0.717, 1.165) is 15.7 Å². The summed E-state index contributed by atoms with van der Waals surface area (Å²) in [4.78, 5) is 4.26. The van der Waals surface area contributed by atoms with E-state index in [-0.39, 0.29) is 0 Å². The summed E-state index contributed by atoms with van der Waals surface area (Å²) in [5.74, 6) is 0. The summed E-state index contributed by atoms with van der Waals surface area (Å²) in [6.45, 7) is 0. The van der Waals surface area contributed by atoms with E-state index in [1.807, 2.05) is 30.3 Å².